The van der Waals surface area contributed by atoms with Gasteiger partial charge in [-0.1, -0.05) is 26.0 Å². The van der Waals surface area contributed by atoms with Crippen LogP contribution in [0, 0.1) is 5.92 Å². The van der Waals surface area contributed by atoms with Crippen molar-refractivity contribution in [3.05, 3.63) is 29.8 Å². The van der Waals surface area contributed by atoms with Crippen LogP contribution in [0.3, 0.4) is 0 Å². The molecule has 1 N–H and O–H groups in total. The summed E-state index contributed by atoms with van der Waals surface area (Å²) in [5.74, 6) is 0.461. The Balaban J connectivity index is 1.56. The Morgan fingerprint density at radius 3 is 2.26 bits per heavy atom. The zero-order valence-electron chi connectivity index (χ0n) is 19.1. The third-order valence-electron chi connectivity index (χ3n) is 6.18. The average molecular weight is 429 g/mol. The van der Waals surface area contributed by atoms with E-state index < -0.39 is 6.04 Å². The number of benzene rings is 1. The number of carbonyl (C=O) groups is 3. The third-order valence-corrected chi connectivity index (χ3v) is 6.18. The van der Waals surface area contributed by atoms with Crippen LogP contribution in [0.25, 0.3) is 0 Å². The molecule has 1 aromatic rings. The van der Waals surface area contributed by atoms with E-state index in [-0.39, 0.29) is 17.7 Å². The van der Waals surface area contributed by atoms with Gasteiger partial charge < -0.3 is 15.1 Å². The van der Waals surface area contributed by atoms with E-state index in [0.717, 1.165) is 51.3 Å². The molecule has 2 aliphatic heterocycles. The minimum absolute atomic E-state index is 0.0901. The van der Waals surface area contributed by atoms with Crippen molar-refractivity contribution in [1.82, 2.24) is 14.7 Å². The second-order valence-electron chi connectivity index (χ2n) is 9.16. The Bertz CT molecular complexity index is 770. The fourth-order valence-electron chi connectivity index (χ4n) is 4.38. The number of likely N-dealkylation sites (tertiary alicyclic amines) is 1. The van der Waals surface area contributed by atoms with E-state index in [1.54, 1.807) is 11.8 Å². The molecule has 0 bridgehead atoms. The molecule has 2 heterocycles. The first-order valence-electron chi connectivity index (χ1n) is 11.5. The van der Waals surface area contributed by atoms with Gasteiger partial charge in [0.1, 0.15) is 6.04 Å². The van der Waals surface area contributed by atoms with Crippen LogP contribution in [0.5, 0.6) is 0 Å². The van der Waals surface area contributed by atoms with Crippen molar-refractivity contribution in [2.24, 2.45) is 5.92 Å². The van der Waals surface area contributed by atoms with Gasteiger partial charge in [-0.2, -0.15) is 0 Å². The molecule has 0 aromatic heterocycles. The molecule has 2 aliphatic rings. The SMILES string of the molecule is CC(=O)N1CCN(Cc2ccc(NC(=O)[C@@H](CC(C)C)N3CCCCC3=O)cc2)CC1. The lowest BCUT2D eigenvalue weighted by atomic mass is 9.98. The number of rotatable bonds is 7. The van der Waals surface area contributed by atoms with Crippen LogP contribution < -0.4 is 5.32 Å². The zero-order chi connectivity index (χ0) is 22.4. The number of nitrogens with zero attached hydrogens (tertiary/aromatic N) is 3. The summed E-state index contributed by atoms with van der Waals surface area (Å²) in [6, 6.07) is 7.53. The molecule has 1 atom stereocenters. The van der Waals surface area contributed by atoms with Gasteiger partial charge in [-0.25, -0.2) is 0 Å². The molecule has 3 amide bonds. The Morgan fingerprint density at radius 2 is 1.68 bits per heavy atom. The smallest absolute Gasteiger partial charge is 0.247 e. The van der Waals surface area contributed by atoms with Crippen molar-refractivity contribution in [3.63, 3.8) is 0 Å². The van der Waals surface area contributed by atoms with Crippen LogP contribution in [-0.4, -0.2) is 71.2 Å². The third kappa shape index (κ3) is 6.53. The fraction of sp³-hybridized carbons (Fsp3) is 0.625. The quantitative estimate of drug-likeness (QED) is 0.725. The molecule has 0 spiro atoms. The number of amides is 3. The summed E-state index contributed by atoms with van der Waals surface area (Å²) in [7, 11) is 0. The van der Waals surface area contributed by atoms with E-state index in [4.69, 9.17) is 0 Å². The lowest BCUT2D eigenvalue weighted by Crippen LogP contribution is -2.49. The Hall–Kier alpha value is -2.41. The first-order valence-corrected chi connectivity index (χ1v) is 11.5. The van der Waals surface area contributed by atoms with Crippen LogP contribution in [0.2, 0.25) is 0 Å². The minimum atomic E-state index is -0.412. The van der Waals surface area contributed by atoms with Crippen LogP contribution in [0.4, 0.5) is 5.69 Å². The average Bonchev–Trinajstić information content (AvgIpc) is 2.74. The summed E-state index contributed by atoms with van der Waals surface area (Å²) in [5, 5.41) is 3.02. The van der Waals surface area contributed by atoms with E-state index in [0.29, 0.717) is 25.3 Å². The highest BCUT2D eigenvalue weighted by Crippen LogP contribution is 2.21. The van der Waals surface area contributed by atoms with Gasteiger partial charge in [0.25, 0.3) is 0 Å². The highest BCUT2D eigenvalue weighted by Gasteiger charge is 2.31. The minimum Gasteiger partial charge on any atom is -0.340 e. The number of hydrogen-bond donors (Lipinski definition) is 1. The molecular weight excluding hydrogens is 392 g/mol. The molecule has 7 nitrogen and oxygen atoms in total. The van der Waals surface area contributed by atoms with Gasteiger partial charge in [-0.3, -0.25) is 19.3 Å². The summed E-state index contributed by atoms with van der Waals surface area (Å²) < 4.78 is 0. The molecule has 7 heteroatoms. The van der Waals surface area contributed by atoms with Gasteiger partial charge in [0, 0.05) is 58.3 Å². The molecule has 2 fully saturated rings. The Labute approximate surface area is 185 Å². The molecule has 3 rings (SSSR count). The Morgan fingerprint density at radius 1 is 1.00 bits per heavy atom. The fourth-order valence-corrected chi connectivity index (χ4v) is 4.38. The number of piperazine rings is 1. The second kappa shape index (κ2) is 10.8. The van der Waals surface area contributed by atoms with Crippen molar-refractivity contribution < 1.29 is 14.4 Å². The maximum Gasteiger partial charge on any atom is 0.247 e. The summed E-state index contributed by atoms with van der Waals surface area (Å²) in [4.78, 5) is 42.9. The van der Waals surface area contributed by atoms with Gasteiger partial charge in [0.05, 0.1) is 0 Å². The predicted molar refractivity (Wildman–Crippen MR) is 121 cm³/mol. The van der Waals surface area contributed by atoms with Crippen LogP contribution in [0.15, 0.2) is 24.3 Å². The Kier molecular flexibility index (Phi) is 8.07. The number of nitrogens with one attached hydrogen (secondary N) is 1. The summed E-state index contributed by atoms with van der Waals surface area (Å²) in [6.45, 7) is 10.6. The van der Waals surface area contributed by atoms with Crippen molar-refractivity contribution in [1.29, 1.82) is 0 Å². The van der Waals surface area contributed by atoms with E-state index >= 15 is 0 Å². The van der Waals surface area contributed by atoms with Crippen molar-refractivity contribution >= 4 is 23.4 Å². The highest BCUT2D eigenvalue weighted by atomic mass is 16.2. The number of hydrogen-bond acceptors (Lipinski definition) is 4. The van der Waals surface area contributed by atoms with E-state index in [9.17, 15) is 14.4 Å². The van der Waals surface area contributed by atoms with Crippen LogP contribution in [-0.2, 0) is 20.9 Å². The first-order chi connectivity index (χ1) is 14.8. The lowest BCUT2D eigenvalue weighted by molar-refractivity contribution is -0.141. The number of piperidine rings is 1. The zero-order valence-corrected chi connectivity index (χ0v) is 19.1. The van der Waals surface area contributed by atoms with E-state index in [1.165, 1.54) is 5.56 Å². The molecule has 1 aromatic carbocycles. The van der Waals surface area contributed by atoms with Gasteiger partial charge in [-0.05, 0) is 42.9 Å². The van der Waals surface area contributed by atoms with Gasteiger partial charge in [0.15, 0.2) is 0 Å². The molecule has 2 saturated heterocycles. The monoisotopic (exact) mass is 428 g/mol. The second-order valence-corrected chi connectivity index (χ2v) is 9.16. The normalized spacial score (nSPS) is 18.9. The molecule has 170 valence electrons. The topological polar surface area (TPSA) is 73.0 Å². The molecule has 0 unspecified atom stereocenters. The standard InChI is InChI=1S/C24H36N4O3/c1-18(2)16-22(28-11-5-4-6-23(28)30)24(31)25-21-9-7-20(8-10-21)17-26-12-14-27(15-13-26)19(3)29/h7-10,18,22H,4-6,11-17H2,1-3H3,(H,25,31)/t22-/m1/s1. The van der Waals surface area contributed by atoms with Gasteiger partial charge in [-0.15, -0.1) is 0 Å². The molecular formula is C24H36N4O3. The van der Waals surface area contributed by atoms with E-state index in [1.807, 2.05) is 29.2 Å². The van der Waals surface area contributed by atoms with E-state index in [2.05, 4.69) is 24.1 Å². The summed E-state index contributed by atoms with van der Waals surface area (Å²) in [5.41, 5.74) is 1.94. The van der Waals surface area contributed by atoms with Gasteiger partial charge in [0.2, 0.25) is 17.7 Å². The van der Waals surface area contributed by atoms with Gasteiger partial charge >= 0.3 is 0 Å². The highest BCUT2D eigenvalue weighted by molar-refractivity contribution is 5.97. The predicted octanol–water partition coefficient (Wildman–Crippen LogP) is 2.72. The van der Waals surface area contributed by atoms with Crippen LogP contribution in [0.1, 0.15) is 52.0 Å². The maximum absolute atomic E-state index is 13.0. The first kappa shape index (κ1) is 23.3. The molecule has 0 saturated carbocycles. The maximum atomic E-state index is 13.0. The van der Waals surface area contributed by atoms with Crippen molar-refractivity contribution in [3.8, 4) is 0 Å². The number of anilines is 1. The largest absolute Gasteiger partial charge is 0.340 e. The van der Waals surface area contributed by atoms with Crippen LogP contribution >= 0.6 is 0 Å². The summed E-state index contributed by atoms with van der Waals surface area (Å²) in [6.07, 6.45) is 3.08. The summed E-state index contributed by atoms with van der Waals surface area (Å²) >= 11 is 0. The van der Waals surface area contributed by atoms with Crippen molar-refractivity contribution in [2.45, 2.75) is 59.0 Å². The lowest BCUT2D eigenvalue weighted by Gasteiger charge is -2.34. The molecule has 31 heavy (non-hydrogen) atoms. The molecule has 0 radical (unpaired) electrons. The number of carbonyl (C=O) groups excluding carboxylic acids is 3. The van der Waals surface area contributed by atoms with Crippen molar-refractivity contribution in [2.75, 3.05) is 38.0 Å². The molecule has 0 aliphatic carbocycles.